The van der Waals surface area contributed by atoms with E-state index in [1.165, 1.54) is 0 Å². The fourth-order valence-corrected chi connectivity index (χ4v) is 4.34. The maximum absolute atomic E-state index is 13.8. The van der Waals surface area contributed by atoms with Gasteiger partial charge in [-0.3, -0.25) is 14.9 Å². The molecule has 2 aromatic rings. The number of carbonyl (C=O) groups is 2. The standard InChI is InChI=1S/C20H23F2N3O3/c21-20(22,12-26)13-6-9-24(10-7-13)15-2-1-3-16-14(15)8-11-25(16)17-4-5-18(27)23-19(17)28/h1-3,8,11,13,17,26H,4-7,9-10,12H2,(H,23,27,28). The SMILES string of the molecule is O=C1CCC(n2ccc3c(N4CCC(C(F)(F)CO)CC4)cccc32)C(=O)N1. The van der Waals surface area contributed by atoms with E-state index in [0.717, 1.165) is 16.6 Å². The Morgan fingerprint density at radius 1 is 1.14 bits per heavy atom. The first-order chi connectivity index (χ1) is 13.4. The highest BCUT2D eigenvalue weighted by Gasteiger charge is 2.40. The van der Waals surface area contributed by atoms with Gasteiger partial charge in [0.2, 0.25) is 11.8 Å². The molecule has 8 heteroatoms. The molecule has 0 spiro atoms. The second-order valence-corrected chi connectivity index (χ2v) is 7.58. The van der Waals surface area contributed by atoms with Crippen LogP contribution in [0, 0.1) is 5.92 Å². The molecule has 2 aliphatic heterocycles. The number of fused-ring (bicyclic) bond motifs is 1. The summed E-state index contributed by atoms with van der Waals surface area (Å²) in [4.78, 5) is 25.7. The summed E-state index contributed by atoms with van der Waals surface area (Å²) in [5.74, 6) is -4.39. The van der Waals surface area contributed by atoms with E-state index in [1.807, 2.05) is 35.0 Å². The second-order valence-electron chi connectivity index (χ2n) is 7.58. The largest absolute Gasteiger partial charge is 0.390 e. The molecule has 1 atom stereocenters. The van der Waals surface area contributed by atoms with Crippen molar-refractivity contribution in [2.24, 2.45) is 5.92 Å². The first-order valence-corrected chi connectivity index (χ1v) is 9.57. The molecule has 4 rings (SSSR count). The fraction of sp³-hybridized carbons (Fsp3) is 0.500. The molecular weight excluding hydrogens is 368 g/mol. The number of amides is 2. The molecule has 0 aliphatic carbocycles. The van der Waals surface area contributed by atoms with E-state index in [-0.39, 0.29) is 11.8 Å². The number of aliphatic hydroxyl groups is 1. The molecule has 0 radical (unpaired) electrons. The van der Waals surface area contributed by atoms with Crippen LogP contribution in [0.5, 0.6) is 0 Å². The Kier molecular flexibility index (Phi) is 4.82. The predicted molar refractivity (Wildman–Crippen MR) is 100 cm³/mol. The van der Waals surface area contributed by atoms with Crippen LogP contribution in [-0.4, -0.2) is 47.1 Å². The molecule has 3 heterocycles. The number of piperidine rings is 2. The Hall–Kier alpha value is -2.48. The van der Waals surface area contributed by atoms with Crippen molar-refractivity contribution < 1.29 is 23.5 Å². The fourth-order valence-electron chi connectivity index (χ4n) is 4.34. The molecular formula is C20H23F2N3O3. The van der Waals surface area contributed by atoms with Crippen molar-refractivity contribution in [1.82, 2.24) is 9.88 Å². The highest BCUT2D eigenvalue weighted by molar-refractivity contribution is 6.01. The highest BCUT2D eigenvalue weighted by atomic mass is 19.3. The Morgan fingerprint density at radius 2 is 1.89 bits per heavy atom. The van der Waals surface area contributed by atoms with Crippen LogP contribution in [0.15, 0.2) is 30.5 Å². The number of aromatic nitrogens is 1. The number of rotatable bonds is 4. The molecule has 2 aliphatic rings. The van der Waals surface area contributed by atoms with Gasteiger partial charge >= 0.3 is 0 Å². The minimum atomic E-state index is -3.03. The lowest BCUT2D eigenvalue weighted by Crippen LogP contribution is -2.42. The number of anilines is 1. The number of imide groups is 1. The number of hydrogen-bond acceptors (Lipinski definition) is 4. The van der Waals surface area contributed by atoms with E-state index in [9.17, 15) is 18.4 Å². The van der Waals surface area contributed by atoms with E-state index in [0.29, 0.717) is 38.8 Å². The van der Waals surface area contributed by atoms with Gasteiger partial charge in [0, 0.05) is 42.7 Å². The van der Waals surface area contributed by atoms with Gasteiger partial charge in [-0.15, -0.1) is 0 Å². The van der Waals surface area contributed by atoms with E-state index in [2.05, 4.69) is 10.2 Å². The van der Waals surface area contributed by atoms with Crippen molar-refractivity contribution in [3.8, 4) is 0 Å². The number of alkyl halides is 2. The van der Waals surface area contributed by atoms with E-state index in [4.69, 9.17) is 5.11 Å². The van der Waals surface area contributed by atoms with Crippen LogP contribution in [0.25, 0.3) is 10.9 Å². The number of aliphatic hydroxyl groups excluding tert-OH is 1. The summed E-state index contributed by atoms with van der Waals surface area (Å²) in [7, 11) is 0. The molecule has 1 unspecified atom stereocenters. The molecule has 28 heavy (non-hydrogen) atoms. The Morgan fingerprint density at radius 3 is 2.57 bits per heavy atom. The molecule has 0 bridgehead atoms. The number of halogens is 2. The molecule has 6 nitrogen and oxygen atoms in total. The summed E-state index contributed by atoms with van der Waals surface area (Å²) in [6, 6.07) is 7.29. The average molecular weight is 391 g/mol. The van der Waals surface area contributed by atoms with Crippen LogP contribution in [0.2, 0.25) is 0 Å². The van der Waals surface area contributed by atoms with Crippen LogP contribution < -0.4 is 10.2 Å². The average Bonchev–Trinajstić information content (AvgIpc) is 3.12. The predicted octanol–water partition coefficient (Wildman–Crippen LogP) is 2.46. The smallest absolute Gasteiger partial charge is 0.273 e. The van der Waals surface area contributed by atoms with Crippen LogP contribution in [0.4, 0.5) is 14.5 Å². The van der Waals surface area contributed by atoms with Crippen LogP contribution in [0.1, 0.15) is 31.7 Å². The van der Waals surface area contributed by atoms with E-state index >= 15 is 0 Å². The quantitative estimate of drug-likeness (QED) is 0.786. The minimum absolute atomic E-state index is 0.249. The van der Waals surface area contributed by atoms with Gasteiger partial charge in [0.1, 0.15) is 12.6 Å². The highest BCUT2D eigenvalue weighted by Crippen LogP contribution is 2.37. The van der Waals surface area contributed by atoms with Crippen molar-refractivity contribution in [3.63, 3.8) is 0 Å². The first kappa shape index (κ1) is 18.9. The van der Waals surface area contributed by atoms with Gasteiger partial charge < -0.3 is 14.6 Å². The number of benzene rings is 1. The molecule has 0 saturated carbocycles. The van der Waals surface area contributed by atoms with Gasteiger partial charge in [0.15, 0.2) is 0 Å². The van der Waals surface area contributed by atoms with Gasteiger partial charge in [-0.05, 0) is 37.5 Å². The summed E-state index contributed by atoms with van der Waals surface area (Å²) in [5.41, 5.74) is 1.84. The van der Waals surface area contributed by atoms with Crippen LogP contribution in [-0.2, 0) is 9.59 Å². The zero-order valence-corrected chi connectivity index (χ0v) is 15.4. The third kappa shape index (κ3) is 3.26. The summed E-state index contributed by atoms with van der Waals surface area (Å²) < 4.78 is 29.4. The summed E-state index contributed by atoms with van der Waals surface area (Å²) in [6.07, 6.45) is 3.25. The lowest BCUT2D eigenvalue weighted by Gasteiger charge is -2.36. The Balaban J connectivity index is 1.58. The third-order valence-electron chi connectivity index (χ3n) is 5.93. The summed E-state index contributed by atoms with van der Waals surface area (Å²) in [5, 5.41) is 12.3. The van der Waals surface area contributed by atoms with Gasteiger partial charge in [0.25, 0.3) is 5.92 Å². The van der Waals surface area contributed by atoms with E-state index < -0.39 is 24.5 Å². The Labute approximate surface area is 161 Å². The topological polar surface area (TPSA) is 74.6 Å². The number of carbonyl (C=O) groups excluding carboxylic acids is 2. The van der Waals surface area contributed by atoms with Crippen LogP contribution in [0.3, 0.4) is 0 Å². The maximum atomic E-state index is 13.8. The van der Waals surface area contributed by atoms with Gasteiger partial charge in [-0.1, -0.05) is 6.07 Å². The van der Waals surface area contributed by atoms with Crippen molar-refractivity contribution >= 4 is 28.4 Å². The molecule has 2 saturated heterocycles. The number of nitrogens with zero attached hydrogens (tertiary/aromatic N) is 2. The number of hydrogen-bond donors (Lipinski definition) is 2. The van der Waals surface area contributed by atoms with E-state index in [1.54, 1.807) is 0 Å². The van der Waals surface area contributed by atoms with Gasteiger partial charge in [0.05, 0.1) is 5.52 Å². The van der Waals surface area contributed by atoms with Gasteiger partial charge in [-0.25, -0.2) is 8.78 Å². The Bertz CT molecular complexity index is 903. The minimum Gasteiger partial charge on any atom is -0.390 e. The molecule has 2 fully saturated rings. The summed E-state index contributed by atoms with van der Waals surface area (Å²) >= 11 is 0. The zero-order valence-electron chi connectivity index (χ0n) is 15.4. The zero-order chi connectivity index (χ0) is 19.9. The summed E-state index contributed by atoms with van der Waals surface area (Å²) in [6.45, 7) is -0.131. The van der Waals surface area contributed by atoms with Gasteiger partial charge in [-0.2, -0.15) is 0 Å². The van der Waals surface area contributed by atoms with Crippen molar-refractivity contribution in [3.05, 3.63) is 30.5 Å². The molecule has 2 N–H and O–H groups in total. The molecule has 150 valence electrons. The van der Waals surface area contributed by atoms with Crippen molar-refractivity contribution in [2.75, 3.05) is 24.6 Å². The molecule has 1 aromatic carbocycles. The molecule has 2 amide bonds. The molecule has 1 aromatic heterocycles. The first-order valence-electron chi connectivity index (χ1n) is 9.57. The normalized spacial score (nSPS) is 22.0. The van der Waals surface area contributed by atoms with Crippen LogP contribution >= 0.6 is 0 Å². The lowest BCUT2D eigenvalue weighted by molar-refractivity contribution is -0.135. The lowest BCUT2D eigenvalue weighted by atomic mass is 9.90. The second kappa shape index (κ2) is 7.16. The van der Waals surface area contributed by atoms with Crippen molar-refractivity contribution in [1.29, 1.82) is 0 Å². The third-order valence-corrected chi connectivity index (χ3v) is 5.93. The number of nitrogens with one attached hydrogen (secondary N) is 1. The maximum Gasteiger partial charge on any atom is 0.273 e. The van der Waals surface area contributed by atoms with Crippen molar-refractivity contribution in [2.45, 2.75) is 37.6 Å². The monoisotopic (exact) mass is 391 g/mol.